The minimum atomic E-state index is -0.431. The normalized spacial score (nSPS) is 23.9. The number of anilines is 1. The van der Waals surface area contributed by atoms with E-state index >= 15 is 0 Å². The Bertz CT molecular complexity index is 454. The number of amides is 1. The highest BCUT2D eigenvalue weighted by molar-refractivity contribution is 5.98. The Morgan fingerprint density at radius 2 is 2.33 bits per heavy atom. The number of aryl methyl sites for hydroxylation is 2. The second-order valence-electron chi connectivity index (χ2n) is 4.93. The first-order valence-electron chi connectivity index (χ1n) is 6.34. The molecule has 18 heavy (non-hydrogen) atoms. The maximum atomic E-state index is 11.5. The number of hydrogen-bond acceptors (Lipinski definition) is 4. The molecule has 1 fully saturated rings. The van der Waals surface area contributed by atoms with Crippen LogP contribution in [0.2, 0.25) is 0 Å². The molecule has 0 bridgehead atoms. The van der Waals surface area contributed by atoms with Gasteiger partial charge in [-0.1, -0.05) is 0 Å². The lowest BCUT2D eigenvalue weighted by molar-refractivity contribution is 0.100. The van der Waals surface area contributed by atoms with Crippen LogP contribution in [-0.4, -0.2) is 34.3 Å². The number of carbonyl (C=O) groups excluding carboxylic acids is 1. The fraction of sp³-hybridized carbons (Fsp3) is 0.667. The van der Waals surface area contributed by atoms with Gasteiger partial charge in [0.2, 0.25) is 0 Å². The van der Waals surface area contributed by atoms with Crippen LogP contribution in [0.5, 0.6) is 0 Å². The van der Waals surface area contributed by atoms with Crippen LogP contribution in [-0.2, 0) is 7.05 Å². The fourth-order valence-corrected chi connectivity index (χ4v) is 2.54. The molecule has 1 aromatic heterocycles. The summed E-state index contributed by atoms with van der Waals surface area (Å²) in [7, 11) is 1.82. The van der Waals surface area contributed by atoms with Gasteiger partial charge in [0.1, 0.15) is 11.4 Å². The summed E-state index contributed by atoms with van der Waals surface area (Å²) >= 11 is 0. The van der Waals surface area contributed by atoms with Crippen molar-refractivity contribution in [3.63, 3.8) is 0 Å². The topological polar surface area (TPSA) is 85.0 Å². The summed E-state index contributed by atoms with van der Waals surface area (Å²) in [6.45, 7) is 4.99. The van der Waals surface area contributed by atoms with Crippen molar-refractivity contribution in [2.45, 2.75) is 38.8 Å². The van der Waals surface area contributed by atoms with E-state index < -0.39 is 5.91 Å². The van der Waals surface area contributed by atoms with Crippen molar-refractivity contribution in [1.82, 2.24) is 15.1 Å². The van der Waals surface area contributed by atoms with Crippen molar-refractivity contribution in [3.8, 4) is 0 Å². The fourth-order valence-electron chi connectivity index (χ4n) is 2.54. The number of piperidine rings is 1. The average Bonchev–Trinajstić information content (AvgIpc) is 2.57. The summed E-state index contributed by atoms with van der Waals surface area (Å²) in [5, 5.41) is 11.1. The van der Waals surface area contributed by atoms with Gasteiger partial charge < -0.3 is 16.4 Å². The summed E-state index contributed by atoms with van der Waals surface area (Å²) in [6.07, 6.45) is 2.21. The van der Waals surface area contributed by atoms with Crippen molar-refractivity contribution < 1.29 is 4.79 Å². The summed E-state index contributed by atoms with van der Waals surface area (Å²) in [4.78, 5) is 11.5. The molecular weight excluding hydrogens is 230 g/mol. The maximum absolute atomic E-state index is 11.5. The number of nitrogens with two attached hydrogens (primary N) is 1. The molecule has 100 valence electrons. The zero-order chi connectivity index (χ0) is 13.3. The SMILES string of the molecule is Cc1nn(C)c(NC2CCCNC2C)c1C(N)=O. The average molecular weight is 251 g/mol. The summed E-state index contributed by atoms with van der Waals surface area (Å²) in [5.74, 6) is 0.292. The van der Waals surface area contributed by atoms with Gasteiger partial charge in [-0.3, -0.25) is 9.48 Å². The van der Waals surface area contributed by atoms with Crippen LogP contribution in [0.25, 0.3) is 0 Å². The van der Waals surface area contributed by atoms with Crippen LogP contribution in [0.4, 0.5) is 5.82 Å². The molecule has 2 rings (SSSR count). The Balaban J connectivity index is 2.25. The third-order valence-electron chi connectivity index (χ3n) is 3.55. The zero-order valence-electron chi connectivity index (χ0n) is 11.2. The molecule has 1 amide bonds. The molecule has 1 aliphatic heterocycles. The number of hydrogen-bond donors (Lipinski definition) is 3. The largest absolute Gasteiger partial charge is 0.365 e. The molecule has 0 radical (unpaired) electrons. The van der Waals surface area contributed by atoms with E-state index in [1.54, 1.807) is 11.6 Å². The second-order valence-corrected chi connectivity index (χ2v) is 4.93. The Morgan fingerprint density at radius 1 is 1.61 bits per heavy atom. The van der Waals surface area contributed by atoms with Crippen molar-refractivity contribution in [2.24, 2.45) is 12.8 Å². The lowest BCUT2D eigenvalue weighted by atomic mass is 9.99. The third kappa shape index (κ3) is 2.33. The van der Waals surface area contributed by atoms with Crippen LogP contribution in [0.15, 0.2) is 0 Å². The highest BCUT2D eigenvalue weighted by Crippen LogP contribution is 2.21. The van der Waals surface area contributed by atoms with Gasteiger partial charge in [-0.15, -0.1) is 0 Å². The minimum Gasteiger partial charge on any atom is -0.365 e. The van der Waals surface area contributed by atoms with Gasteiger partial charge in [0, 0.05) is 19.1 Å². The molecular formula is C12H21N5O. The Morgan fingerprint density at radius 3 is 2.94 bits per heavy atom. The first-order valence-corrected chi connectivity index (χ1v) is 6.34. The zero-order valence-corrected chi connectivity index (χ0v) is 11.2. The molecule has 6 heteroatoms. The number of aromatic nitrogens is 2. The highest BCUT2D eigenvalue weighted by atomic mass is 16.1. The van der Waals surface area contributed by atoms with Crippen molar-refractivity contribution in [2.75, 3.05) is 11.9 Å². The van der Waals surface area contributed by atoms with Gasteiger partial charge in [0.05, 0.1) is 5.69 Å². The van der Waals surface area contributed by atoms with Gasteiger partial charge in [-0.05, 0) is 33.2 Å². The van der Waals surface area contributed by atoms with Gasteiger partial charge in [-0.2, -0.15) is 5.10 Å². The molecule has 2 heterocycles. The molecule has 0 aliphatic carbocycles. The second kappa shape index (κ2) is 4.97. The number of nitrogens with one attached hydrogen (secondary N) is 2. The third-order valence-corrected chi connectivity index (χ3v) is 3.55. The summed E-state index contributed by atoms with van der Waals surface area (Å²) < 4.78 is 1.69. The van der Waals surface area contributed by atoms with Crippen molar-refractivity contribution >= 4 is 11.7 Å². The first kappa shape index (κ1) is 12.9. The highest BCUT2D eigenvalue weighted by Gasteiger charge is 2.25. The van der Waals surface area contributed by atoms with Crippen LogP contribution in [0, 0.1) is 6.92 Å². The standard InChI is InChI=1S/C12H21N5O/c1-7-9(5-4-6-14-7)15-12-10(11(13)18)8(2)16-17(12)3/h7,9,14-15H,4-6H2,1-3H3,(H2,13,18). The van der Waals surface area contributed by atoms with E-state index in [0.717, 1.165) is 25.2 Å². The molecule has 6 nitrogen and oxygen atoms in total. The van der Waals surface area contributed by atoms with Crippen LogP contribution >= 0.6 is 0 Å². The number of nitrogens with zero attached hydrogens (tertiary/aromatic N) is 2. The molecule has 0 spiro atoms. The van der Waals surface area contributed by atoms with Gasteiger partial charge in [0.15, 0.2) is 0 Å². The van der Waals surface area contributed by atoms with Gasteiger partial charge >= 0.3 is 0 Å². The number of carbonyl (C=O) groups is 1. The molecule has 0 aromatic carbocycles. The Labute approximate surface area is 107 Å². The lowest BCUT2D eigenvalue weighted by Crippen LogP contribution is -2.47. The van der Waals surface area contributed by atoms with E-state index in [1.807, 2.05) is 7.05 Å². The van der Waals surface area contributed by atoms with E-state index in [4.69, 9.17) is 5.73 Å². The summed E-state index contributed by atoms with van der Waals surface area (Å²) in [5.41, 5.74) is 6.59. The molecule has 1 saturated heterocycles. The minimum absolute atomic E-state index is 0.298. The number of primary amides is 1. The molecule has 2 atom stereocenters. The van der Waals surface area contributed by atoms with Crippen LogP contribution in [0.3, 0.4) is 0 Å². The van der Waals surface area contributed by atoms with Gasteiger partial charge in [-0.25, -0.2) is 0 Å². The number of rotatable bonds is 3. The predicted octanol–water partition coefficient (Wildman–Crippen LogP) is 0.380. The molecule has 0 saturated carbocycles. The van der Waals surface area contributed by atoms with Crippen molar-refractivity contribution in [1.29, 1.82) is 0 Å². The van der Waals surface area contributed by atoms with E-state index in [2.05, 4.69) is 22.7 Å². The molecule has 2 unspecified atom stereocenters. The van der Waals surface area contributed by atoms with E-state index in [1.165, 1.54) is 0 Å². The Kier molecular flexibility index (Phi) is 3.56. The quantitative estimate of drug-likeness (QED) is 0.725. The molecule has 1 aromatic rings. The van der Waals surface area contributed by atoms with E-state index in [0.29, 0.717) is 23.3 Å². The first-order chi connectivity index (χ1) is 8.50. The van der Waals surface area contributed by atoms with Crippen molar-refractivity contribution in [3.05, 3.63) is 11.3 Å². The Hall–Kier alpha value is -1.56. The van der Waals surface area contributed by atoms with Crippen LogP contribution in [0.1, 0.15) is 35.8 Å². The smallest absolute Gasteiger partial charge is 0.254 e. The lowest BCUT2D eigenvalue weighted by Gasteiger charge is -2.31. The monoisotopic (exact) mass is 251 g/mol. The van der Waals surface area contributed by atoms with E-state index in [-0.39, 0.29) is 0 Å². The molecule has 4 N–H and O–H groups in total. The molecule has 1 aliphatic rings. The van der Waals surface area contributed by atoms with Crippen LogP contribution < -0.4 is 16.4 Å². The predicted molar refractivity (Wildman–Crippen MR) is 70.6 cm³/mol. The maximum Gasteiger partial charge on any atom is 0.254 e. The van der Waals surface area contributed by atoms with E-state index in [9.17, 15) is 4.79 Å². The summed E-state index contributed by atoms with van der Waals surface area (Å²) in [6, 6.07) is 0.668. The van der Waals surface area contributed by atoms with Gasteiger partial charge in [0.25, 0.3) is 5.91 Å².